The number of nitrogens with one attached hydrogen (secondary N) is 2. The van der Waals surface area contributed by atoms with Gasteiger partial charge in [-0.3, -0.25) is 9.59 Å². The molecule has 0 aliphatic carbocycles. The van der Waals surface area contributed by atoms with Gasteiger partial charge in [0, 0.05) is 0 Å². The lowest BCUT2D eigenvalue weighted by Gasteiger charge is -2.17. The van der Waals surface area contributed by atoms with Gasteiger partial charge in [0.25, 0.3) is 5.91 Å². The Hall–Kier alpha value is -3.43. The molecule has 0 bridgehead atoms. The molecule has 0 spiro atoms. The van der Waals surface area contributed by atoms with E-state index in [1.807, 2.05) is 24.3 Å². The number of sulfonamides is 1. The van der Waals surface area contributed by atoms with Gasteiger partial charge in [0.05, 0.1) is 17.0 Å². The van der Waals surface area contributed by atoms with E-state index in [0.29, 0.717) is 17.9 Å². The Morgan fingerprint density at radius 2 is 1.83 bits per heavy atom. The van der Waals surface area contributed by atoms with Gasteiger partial charge in [0.1, 0.15) is 18.4 Å². The molecule has 154 valence electrons. The number of carbonyl (C=O) groups excluding carboxylic acids is 2. The van der Waals surface area contributed by atoms with Crippen LogP contribution in [0, 0.1) is 0 Å². The Bertz CT molecular complexity index is 1260. The third-order valence-corrected chi connectivity index (χ3v) is 6.24. The minimum Gasteiger partial charge on any atom is -0.491 e. The lowest BCUT2D eigenvalue weighted by molar-refractivity contribution is -0.119. The molecule has 1 aliphatic heterocycles. The van der Waals surface area contributed by atoms with E-state index in [1.54, 1.807) is 18.2 Å². The maximum absolute atomic E-state index is 13.0. The fourth-order valence-corrected chi connectivity index (χ4v) is 4.52. The van der Waals surface area contributed by atoms with Crippen LogP contribution in [0.1, 0.15) is 22.0 Å². The van der Waals surface area contributed by atoms with Crippen molar-refractivity contribution in [1.29, 1.82) is 0 Å². The summed E-state index contributed by atoms with van der Waals surface area (Å²) >= 11 is 0. The lowest BCUT2D eigenvalue weighted by Crippen LogP contribution is -2.37. The number of nitrogens with two attached hydrogens (primary N) is 1. The molecule has 1 aliphatic rings. The first-order valence-corrected chi connectivity index (χ1v) is 10.7. The number of primary amides is 1. The number of ether oxygens (including phenoxy) is 1. The van der Waals surface area contributed by atoms with Crippen LogP contribution >= 0.6 is 0 Å². The molecular formula is C21H19N3O5S. The molecule has 0 radical (unpaired) electrons. The number of benzene rings is 3. The molecule has 0 aromatic heterocycles. The largest absolute Gasteiger partial charge is 0.491 e. The first-order valence-electron chi connectivity index (χ1n) is 9.20. The van der Waals surface area contributed by atoms with Gasteiger partial charge >= 0.3 is 0 Å². The second-order valence-electron chi connectivity index (χ2n) is 6.83. The highest BCUT2D eigenvalue weighted by atomic mass is 32.2. The quantitative estimate of drug-likeness (QED) is 0.570. The minimum absolute atomic E-state index is 0.108. The van der Waals surface area contributed by atoms with Crippen molar-refractivity contribution < 1.29 is 22.7 Å². The van der Waals surface area contributed by atoms with E-state index in [1.165, 1.54) is 18.2 Å². The second-order valence-corrected chi connectivity index (χ2v) is 8.54. The highest BCUT2D eigenvalue weighted by Crippen LogP contribution is 2.26. The van der Waals surface area contributed by atoms with E-state index >= 15 is 0 Å². The zero-order chi connectivity index (χ0) is 21.3. The van der Waals surface area contributed by atoms with Crippen LogP contribution < -0.4 is 20.5 Å². The van der Waals surface area contributed by atoms with Gasteiger partial charge in [-0.15, -0.1) is 0 Å². The molecule has 1 unspecified atom stereocenters. The van der Waals surface area contributed by atoms with Crippen LogP contribution in [0.4, 0.5) is 0 Å². The van der Waals surface area contributed by atoms with Gasteiger partial charge in [0.2, 0.25) is 15.9 Å². The van der Waals surface area contributed by atoms with E-state index < -0.39 is 27.9 Å². The van der Waals surface area contributed by atoms with E-state index in [9.17, 15) is 18.0 Å². The number of carbonyl (C=O) groups is 2. The van der Waals surface area contributed by atoms with Crippen LogP contribution in [0.5, 0.6) is 5.75 Å². The van der Waals surface area contributed by atoms with Gasteiger partial charge < -0.3 is 15.8 Å². The summed E-state index contributed by atoms with van der Waals surface area (Å²) in [7, 11) is -4.16. The maximum Gasteiger partial charge on any atom is 0.255 e. The average Bonchev–Trinajstić information content (AvgIpc) is 2.92. The summed E-state index contributed by atoms with van der Waals surface area (Å²) in [6.07, 6.45) is 0. The van der Waals surface area contributed by atoms with Crippen molar-refractivity contribution in [3.63, 3.8) is 0 Å². The lowest BCUT2D eigenvalue weighted by atomic mass is 10.0. The van der Waals surface area contributed by atoms with Crippen LogP contribution in [0.25, 0.3) is 10.8 Å². The summed E-state index contributed by atoms with van der Waals surface area (Å²) in [5.41, 5.74) is 6.03. The maximum atomic E-state index is 13.0. The number of amides is 2. The monoisotopic (exact) mass is 425 g/mol. The van der Waals surface area contributed by atoms with Crippen molar-refractivity contribution in [3.05, 3.63) is 71.8 Å². The van der Waals surface area contributed by atoms with Crippen molar-refractivity contribution in [2.75, 3.05) is 13.2 Å². The molecule has 1 atom stereocenters. The molecule has 4 N–H and O–H groups in total. The van der Waals surface area contributed by atoms with Crippen LogP contribution in [0.15, 0.2) is 65.6 Å². The molecule has 2 amide bonds. The van der Waals surface area contributed by atoms with E-state index in [4.69, 9.17) is 10.5 Å². The topological polar surface area (TPSA) is 128 Å². The van der Waals surface area contributed by atoms with E-state index in [0.717, 1.165) is 10.8 Å². The third-order valence-electron chi connectivity index (χ3n) is 4.82. The average molecular weight is 425 g/mol. The molecule has 0 fully saturated rings. The van der Waals surface area contributed by atoms with Crippen LogP contribution in [-0.2, 0) is 14.8 Å². The predicted molar refractivity (Wildman–Crippen MR) is 110 cm³/mol. The summed E-state index contributed by atoms with van der Waals surface area (Å²) in [4.78, 5) is 24.1. The smallest absolute Gasteiger partial charge is 0.255 e. The van der Waals surface area contributed by atoms with Gasteiger partial charge in [0.15, 0.2) is 0 Å². The fraction of sp³-hybridized carbons (Fsp3) is 0.143. The van der Waals surface area contributed by atoms with Gasteiger partial charge in [-0.05, 0) is 40.6 Å². The standard InChI is InChI=1S/C21H19N3O5S/c22-20(25)19(15-6-5-13-3-1-2-4-14(13)11-15)24-30(27,28)16-7-8-18-17(12-16)21(26)23-9-10-29-18/h1-8,11-12,19,24H,9-10H2,(H2,22,25)(H,23,26). The van der Waals surface area contributed by atoms with Crippen LogP contribution in [0.3, 0.4) is 0 Å². The molecular weight excluding hydrogens is 406 g/mol. The molecule has 4 rings (SSSR count). The molecule has 9 heteroatoms. The number of rotatable bonds is 5. The van der Waals surface area contributed by atoms with Crippen molar-refractivity contribution in [2.45, 2.75) is 10.9 Å². The Morgan fingerprint density at radius 3 is 2.60 bits per heavy atom. The van der Waals surface area contributed by atoms with E-state index in [2.05, 4.69) is 10.0 Å². The second kappa shape index (κ2) is 7.77. The Labute approximate surface area is 173 Å². The van der Waals surface area contributed by atoms with Crippen molar-refractivity contribution in [1.82, 2.24) is 10.0 Å². The molecule has 0 saturated heterocycles. The normalized spacial score (nSPS) is 14.9. The van der Waals surface area contributed by atoms with Gasteiger partial charge in [-0.1, -0.05) is 36.4 Å². The molecule has 8 nitrogen and oxygen atoms in total. The van der Waals surface area contributed by atoms with Crippen LogP contribution in [0.2, 0.25) is 0 Å². The number of hydrogen-bond acceptors (Lipinski definition) is 5. The third kappa shape index (κ3) is 3.85. The summed E-state index contributed by atoms with van der Waals surface area (Å²) in [5.74, 6) is -0.977. The zero-order valence-corrected chi connectivity index (χ0v) is 16.6. The van der Waals surface area contributed by atoms with Gasteiger partial charge in [-0.2, -0.15) is 4.72 Å². The first-order chi connectivity index (χ1) is 14.3. The van der Waals surface area contributed by atoms with Crippen molar-refractivity contribution >= 4 is 32.6 Å². The summed E-state index contributed by atoms with van der Waals surface area (Å²) in [5, 5.41) is 4.42. The Kier molecular flexibility index (Phi) is 5.15. The van der Waals surface area contributed by atoms with E-state index in [-0.39, 0.29) is 17.1 Å². The van der Waals surface area contributed by atoms with Crippen molar-refractivity contribution in [2.24, 2.45) is 5.73 Å². The predicted octanol–water partition coefficient (Wildman–Crippen LogP) is 1.47. The first kappa shape index (κ1) is 19.9. The highest BCUT2D eigenvalue weighted by molar-refractivity contribution is 7.89. The fourth-order valence-electron chi connectivity index (χ4n) is 3.30. The summed E-state index contributed by atoms with van der Waals surface area (Å²) in [6, 6.07) is 15.3. The zero-order valence-electron chi connectivity index (χ0n) is 15.8. The van der Waals surface area contributed by atoms with Crippen molar-refractivity contribution in [3.8, 4) is 5.75 Å². The molecule has 1 heterocycles. The number of hydrogen-bond donors (Lipinski definition) is 3. The molecule has 3 aromatic rings. The van der Waals surface area contributed by atoms with Crippen LogP contribution in [-0.4, -0.2) is 33.4 Å². The highest BCUT2D eigenvalue weighted by Gasteiger charge is 2.27. The molecule has 3 aromatic carbocycles. The minimum atomic E-state index is -4.16. The summed E-state index contributed by atoms with van der Waals surface area (Å²) in [6.45, 7) is 0.606. The number of fused-ring (bicyclic) bond motifs is 2. The van der Waals surface area contributed by atoms with Gasteiger partial charge in [-0.25, -0.2) is 8.42 Å². The molecule has 0 saturated carbocycles. The SMILES string of the molecule is NC(=O)C(NS(=O)(=O)c1ccc2c(c1)C(=O)NCCO2)c1ccc2ccccc2c1. The summed E-state index contributed by atoms with van der Waals surface area (Å²) < 4.78 is 33.7. The Morgan fingerprint density at radius 1 is 1.07 bits per heavy atom. The molecule has 30 heavy (non-hydrogen) atoms. The Balaban J connectivity index is 1.69.